The van der Waals surface area contributed by atoms with Crippen molar-refractivity contribution in [2.75, 3.05) is 0 Å². The van der Waals surface area contributed by atoms with Crippen molar-refractivity contribution in [1.29, 1.82) is 0 Å². The lowest BCUT2D eigenvalue weighted by molar-refractivity contribution is -0.137. The maximum absolute atomic E-state index is 11.1. The molecule has 0 fully saturated rings. The smallest absolute Gasteiger partial charge is 0.316 e. The average Bonchev–Trinajstić information content (AvgIpc) is 2.76. The third-order valence-electron chi connectivity index (χ3n) is 2.97. The van der Waals surface area contributed by atoms with E-state index in [0.29, 0.717) is 11.8 Å². The van der Waals surface area contributed by atoms with E-state index in [1.807, 2.05) is 30.8 Å². The lowest BCUT2D eigenvalue weighted by Crippen LogP contribution is -2.22. The molecule has 1 aromatic heterocycles. The van der Waals surface area contributed by atoms with Crippen LogP contribution in [0.25, 0.3) is 0 Å². The molecule has 102 valence electrons. The van der Waals surface area contributed by atoms with Gasteiger partial charge in [-0.2, -0.15) is 5.10 Å². The minimum atomic E-state index is -0.739. The Labute approximate surface area is 113 Å². The highest BCUT2D eigenvalue weighted by Crippen LogP contribution is 2.23. The molecule has 4 nitrogen and oxygen atoms in total. The standard InChI is InChI=1S/C13H22N2O2S/c1-5-10(4)15-7-6-11(14-15)8-18-12(9(2)3)13(16)17/h6-7,9-10,12H,5,8H2,1-4H3,(H,16,17). The van der Waals surface area contributed by atoms with Crippen molar-refractivity contribution in [3.63, 3.8) is 0 Å². The van der Waals surface area contributed by atoms with E-state index in [-0.39, 0.29) is 11.2 Å². The molecular formula is C13H22N2O2S. The highest BCUT2D eigenvalue weighted by atomic mass is 32.2. The summed E-state index contributed by atoms with van der Waals surface area (Å²) in [6, 6.07) is 2.36. The van der Waals surface area contributed by atoms with E-state index in [2.05, 4.69) is 18.9 Å². The number of aromatic nitrogens is 2. The minimum Gasteiger partial charge on any atom is -0.480 e. The van der Waals surface area contributed by atoms with Crippen LogP contribution in [0.2, 0.25) is 0 Å². The van der Waals surface area contributed by atoms with Crippen molar-refractivity contribution in [3.8, 4) is 0 Å². The second-order valence-electron chi connectivity index (χ2n) is 4.86. The molecule has 1 rings (SSSR count). The Balaban J connectivity index is 2.57. The van der Waals surface area contributed by atoms with Crippen molar-refractivity contribution in [2.24, 2.45) is 5.92 Å². The largest absolute Gasteiger partial charge is 0.480 e. The summed E-state index contributed by atoms with van der Waals surface area (Å²) < 4.78 is 1.95. The molecular weight excluding hydrogens is 248 g/mol. The number of hydrogen-bond donors (Lipinski definition) is 1. The second kappa shape index (κ2) is 6.83. The Morgan fingerprint density at radius 2 is 2.17 bits per heavy atom. The predicted molar refractivity (Wildman–Crippen MR) is 74.8 cm³/mol. The number of rotatable bonds is 7. The van der Waals surface area contributed by atoms with Gasteiger partial charge in [-0.05, 0) is 25.3 Å². The average molecular weight is 270 g/mol. The van der Waals surface area contributed by atoms with Gasteiger partial charge in [-0.25, -0.2) is 0 Å². The Morgan fingerprint density at radius 1 is 1.50 bits per heavy atom. The summed E-state index contributed by atoms with van der Waals surface area (Å²) in [5, 5.41) is 13.2. The number of thioether (sulfide) groups is 1. The highest BCUT2D eigenvalue weighted by molar-refractivity contribution is 7.99. The second-order valence-corrected chi connectivity index (χ2v) is 5.99. The first-order valence-corrected chi connectivity index (χ1v) is 7.39. The predicted octanol–water partition coefficient (Wildman–Crippen LogP) is 3.20. The van der Waals surface area contributed by atoms with Crippen LogP contribution in [0.5, 0.6) is 0 Å². The normalized spacial score (nSPS) is 14.7. The molecule has 5 heteroatoms. The number of nitrogens with zero attached hydrogens (tertiary/aromatic N) is 2. The maximum Gasteiger partial charge on any atom is 0.316 e. The summed E-state index contributed by atoms with van der Waals surface area (Å²) >= 11 is 1.45. The first kappa shape index (κ1) is 15.1. The van der Waals surface area contributed by atoms with Crippen LogP contribution in [0.3, 0.4) is 0 Å². The van der Waals surface area contributed by atoms with Crippen molar-refractivity contribution in [3.05, 3.63) is 18.0 Å². The van der Waals surface area contributed by atoms with E-state index in [1.165, 1.54) is 11.8 Å². The fourth-order valence-corrected chi connectivity index (χ4v) is 2.64. The van der Waals surface area contributed by atoms with Crippen LogP contribution in [0.4, 0.5) is 0 Å². The van der Waals surface area contributed by atoms with Crippen LogP contribution in [0.1, 0.15) is 45.9 Å². The zero-order valence-electron chi connectivity index (χ0n) is 11.5. The molecule has 2 atom stereocenters. The first-order valence-electron chi connectivity index (χ1n) is 6.34. The first-order chi connectivity index (χ1) is 8.45. The lowest BCUT2D eigenvalue weighted by atomic mass is 10.1. The molecule has 0 bridgehead atoms. The van der Waals surface area contributed by atoms with Gasteiger partial charge >= 0.3 is 5.97 Å². The van der Waals surface area contributed by atoms with Crippen LogP contribution < -0.4 is 0 Å². The molecule has 18 heavy (non-hydrogen) atoms. The van der Waals surface area contributed by atoms with Gasteiger partial charge in [-0.3, -0.25) is 9.48 Å². The van der Waals surface area contributed by atoms with Gasteiger partial charge in [-0.1, -0.05) is 20.8 Å². The van der Waals surface area contributed by atoms with Crippen LogP contribution >= 0.6 is 11.8 Å². The Bertz CT molecular complexity index is 390. The molecule has 0 aliphatic rings. The molecule has 2 unspecified atom stereocenters. The molecule has 0 radical (unpaired) electrons. The summed E-state index contributed by atoms with van der Waals surface area (Å²) in [6.45, 7) is 8.12. The van der Waals surface area contributed by atoms with Crippen molar-refractivity contribution >= 4 is 17.7 Å². The van der Waals surface area contributed by atoms with Gasteiger partial charge in [0, 0.05) is 18.0 Å². The number of carbonyl (C=O) groups is 1. The van der Waals surface area contributed by atoms with E-state index in [9.17, 15) is 4.79 Å². The molecule has 0 saturated carbocycles. The number of aliphatic carboxylic acids is 1. The van der Waals surface area contributed by atoms with Crippen LogP contribution in [-0.2, 0) is 10.5 Å². The van der Waals surface area contributed by atoms with Crippen molar-refractivity contribution < 1.29 is 9.90 Å². The van der Waals surface area contributed by atoms with E-state index in [4.69, 9.17) is 5.11 Å². The fraction of sp³-hybridized carbons (Fsp3) is 0.692. The third kappa shape index (κ3) is 4.05. The molecule has 1 aromatic rings. The fourth-order valence-electron chi connectivity index (χ4n) is 1.61. The van der Waals surface area contributed by atoms with Crippen LogP contribution in [0.15, 0.2) is 12.3 Å². The minimum absolute atomic E-state index is 0.129. The van der Waals surface area contributed by atoms with Gasteiger partial charge < -0.3 is 5.11 Å². The van der Waals surface area contributed by atoms with Crippen LogP contribution in [-0.4, -0.2) is 26.1 Å². The molecule has 0 aliphatic heterocycles. The molecule has 1 N–H and O–H groups in total. The summed E-state index contributed by atoms with van der Waals surface area (Å²) in [7, 11) is 0. The van der Waals surface area contributed by atoms with E-state index < -0.39 is 5.97 Å². The monoisotopic (exact) mass is 270 g/mol. The number of carboxylic acid groups (broad SMARTS) is 1. The van der Waals surface area contributed by atoms with Gasteiger partial charge in [0.2, 0.25) is 0 Å². The van der Waals surface area contributed by atoms with Crippen molar-refractivity contribution in [2.45, 2.75) is 51.2 Å². The molecule has 0 spiro atoms. The quantitative estimate of drug-likeness (QED) is 0.826. The Hall–Kier alpha value is -0.970. The SMILES string of the molecule is CCC(C)n1ccc(CSC(C(=O)O)C(C)C)n1. The van der Waals surface area contributed by atoms with E-state index in [0.717, 1.165) is 12.1 Å². The topological polar surface area (TPSA) is 55.1 Å². The molecule has 0 saturated heterocycles. The molecule has 0 amide bonds. The van der Waals surface area contributed by atoms with E-state index >= 15 is 0 Å². The van der Waals surface area contributed by atoms with Gasteiger partial charge in [-0.15, -0.1) is 11.8 Å². The van der Waals surface area contributed by atoms with Gasteiger partial charge in [0.25, 0.3) is 0 Å². The molecule has 0 aromatic carbocycles. The van der Waals surface area contributed by atoms with Gasteiger partial charge in [0.05, 0.1) is 5.69 Å². The van der Waals surface area contributed by atoms with Gasteiger partial charge in [0.1, 0.15) is 5.25 Å². The Morgan fingerprint density at radius 3 is 2.67 bits per heavy atom. The third-order valence-corrected chi connectivity index (χ3v) is 4.53. The number of carboxylic acids is 1. The number of hydrogen-bond acceptors (Lipinski definition) is 3. The summed E-state index contributed by atoms with van der Waals surface area (Å²) in [6.07, 6.45) is 3.01. The Kier molecular flexibility index (Phi) is 5.72. The molecule has 1 heterocycles. The summed E-state index contributed by atoms with van der Waals surface area (Å²) in [4.78, 5) is 11.1. The maximum atomic E-state index is 11.1. The van der Waals surface area contributed by atoms with Crippen molar-refractivity contribution in [1.82, 2.24) is 9.78 Å². The summed E-state index contributed by atoms with van der Waals surface area (Å²) in [5.74, 6) is 0.0407. The van der Waals surface area contributed by atoms with Crippen LogP contribution in [0, 0.1) is 5.92 Å². The molecule has 0 aliphatic carbocycles. The van der Waals surface area contributed by atoms with Gasteiger partial charge in [0.15, 0.2) is 0 Å². The lowest BCUT2D eigenvalue weighted by Gasteiger charge is -2.14. The zero-order valence-corrected chi connectivity index (χ0v) is 12.3. The van der Waals surface area contributed by atoms with E-state index in [1.54, 1.807) is 0 Å². The summed E-state index contributed by atoms with van der Waals surface area (Å²) in [5.41, 5.74) is 0.951. The highest BCUT2D eigenvalue weighted by Gasteiger charge is 2.22. The zero-order chi connectivity index (χ0) is 13.7.